The molecule has 0 aliphatic rings. The largest absolute Gasteiger partial charge is 0.497 e. The van der Waals surface area contributed by atoms with Crippen LogP contribution in [0.5, 0.6) is 5.75 Å². The van der Waals surface area contributed by atoms with Crippen molar-refractivity contribution in [1.82, 2.24) is 4.90 Å². The van der Waals surface area contributed by atoms with E-state index < -0.39 is 0 Å². The molecule has 0 bridgehead atoms. The lowest BCUT2D eigenvalue weighted by Gasteiger charge is -2.25. The van der Waals surface area contributed by atoms with Gasteiger partial charge in [0.25, 0.3) is 0 Å². The topological polar surface area (TPSA) is 38.8 Å². The molecule has 19 heavy (non-hydrogen) atoms. The molecule has 106 valence electrons. The summed E-state index contributed by atoms with van der Waals surface area (Å²) < 4.78 is 10.2. The second-order valence-electron chi connectivity index (χ2n) is 4.71. The molecular formula is C15H23NO3. The number of rotatable bonds is 8. The SMILES string of the molecule is COCCN(CC(=O)c1ccc(OC)cc1)C(C)C. The van der Waals surface area contributed by atoms with Crippen LogP contribution < -0.4 is 4.74 Å². The first-order valence-corrected chi connectivity index (χ1v) is 6.48. The summed E-state index contributed by atoms with van der Waals surface area (Å²) in [5, 5.41) is 0. The van der Waals surface area contributed by atoms with E-state index in [2.05, 4.69) is 18.7 Å². The van der Waals surface area contributed by atoms with Gasteiger partial charge in [-0.3, -0.25) is 9.69 Å². The van der Waals surface area contributed by atoms with E-state index in [9.17, 15) is 4.79 Å². The minimum absolute atomic E-state index is 0.118. The third-order valence-electron chi connectivity index (χ3n) is 3.07. The van der Waals surface area contributed by atoms with Gasteiger partial charge in [-0.15, -0.1) is 0 Å². The Bertz CT molecular complexity index is 387. The molecule has 0 atom stereocenters. The molecular weight excluding hydrogens is 242 g/mol. The number of hydrogen-bond acceptors (Lipinski definition) is 4. The van der Waals surface area contributed by atoms with Gasteiger partial charge in [0, 0.05) is 25.3 Å². The van der Waals surface area contributed by atoms with Crippen LogP contribution in [0.2, 0.25) is 0 Å². The zero-order valence-corrected chi connectivity index (χ0v) is 12.2. The molecule has 0 amide bonds. The molecule has 4 heteroatoms. The number of benzene rings is 1. The summed E-state index contributed by atoms with van der Waals surface area (Å²) in [4.78, 5) is 14.3. The summed E-state index contributed by atoms with van der Waals surface area (Å²) in [6.07, 6.45) is 0. The van der Waals surface area contributed by atoms with Gasteiger partial charge < -0.3 is 9.47 Å². The monoisotopic (exact) mass is 265 g/mol. The summed E-state index contributed by atoms with van der Waals surface area (Å²) in [6.45, 7) is 5.96. The van der Waals surface area contributed by atoms with Gasteiger partial charge in [-0.2, -0.15) is 0 Å². The Balaban J connectivity index is 2.64. The van der Waals surface area contributed by atoms with Crippen LogP contribution in [0.25, 0.3) is 0 Å². The molecule has 0 fully saturated rings. The molecule has 0 unspecified atom stereocenters. The lowest BCUT2D eigenvalue weighted by molar-refractivity contribution is 0.0852. The second kappa shape index (κ2) is 7.92. The highest BCUT2D eigenvalue weighted by molar-refractivity contribution is 5.97. The molecule has 1 rings (SSSR count). The lowest BCUT2D eigenvalue weighted by Crippen LogP contribution is -2.38. The molecule has 0 aromatic heterocycles. The van der Waals surface area contributed by atoms with Crippen LogP contribution in [0.4, 0.5) is 0 Å². The first-order chi connectivity index (χ1) is 9.08. The minimum atomic E-state index is 0.118. The highest BCUT2D eigenvalue weighted by atomic mass is 16.5. The number of methoxy groups -OCH3 is 2. The van der Waals surface area contributed by atoms with Crippen LogP contribution in [0.3, 0.4) is 0 Å². The molecule has 0 aliphatic heterocycles. The molecule has 0 saturated heterocycles. The molecule has 0 radical (unpaired) electrons. The molecule has 0 spiro atoms. The highest BCUT2D eigenvalue weighted by Gasteiger charge is 2.15. The molecule has 1 aromatic carbocycles. The van der Waals surface area contributed by atoms with Crippen molar-refractivity contribution in [3.8, 4) is 5.75 Å². The fraction of sp³-hybridized carbons (Fsp3) is 0.533. The van der Waals surface area contributed by atoms with Gasteiger partial charge in [-0.1, -0.05) is 0 Å². The van der Waals surface area contributed by atoms with Crippen molar-refractivity contribution in [2.75, 3.05) is 33.9 Å². The number of ether oxygens (including phenoxy) is 2. The second-order valence-corrected chi connectivity index (χ2v) is 4.71. The van der Waals surface area contributed by atoms with Crippen LogP contribution in [0, 0.1) is 0 Å². The first-order valence-electron chi connectivity index (χ1n) is 6.48. The van der Waals surface area contributed by atoms with E-state index in [1.54, 1.807) is 26.4 Å². The summed E-state index contributed by atoms with van der Waals surface area (Å²) in [6, 6.07) is 7.54. The normalized spacial score (nSPS) is 11.1. The predicted octanol–water partition coefficient (Wildman–Crippen LogP) is 2.23. The van der Waals surface area contributed by atoms with Crippen molar-refractivity contribution in [3.63, 3.8) is 0 Å². The zero-order valence-electron chi connectivity index (χ0n) is 12.2. The van der Waals surface area contributed by atoms with Crippen LogP contribution in [0.1, 0.15) is 24.2 Å². The maximum atomic E-state index is 12.2. The van der Waals surface area contributed by atoms with Gasteiger partial charge in [0.2, 0.25) is 0 Å². The van der Waals surface area contributed by atoms with Crippen molar-refractivity contribution in [1.29, 1.82) is 0 Å². The zero-order chi connectivity index (χ0) is 14.3. The quantitative estimate of drug-likeness (QED) is 0.676. The maximum absolute atomic E-state index is 12.2. The third-order valence-corrected chi connectivity index (χ3v) is 3.07. The Hall–Kier alpha value is -1.39. The first kappa shape index (κ1) is 15.7. The van der Waals surface area contributed by atoms with E-state index in [0.717, 1.165) is 12.3 Å². The van der Waals surface area contributed by atoms with Crippen LogP contribution >= 0.6 is 0 Å². The molecule has 0 saturated carbocycles. The average Bonchev–Trinajstić information content (AvgIpc) is 2.43. The van der Waals surface area contributed by atoms with Crippen LogP contribution in [-0.2, 0) is 4.74 Å². The minimum Gasteiger partial charge on any atom is -0.497 e. The summed E-state index contributed by atoms with van der Waals surface area (Å²) in [7, 11) is 3.28. The summed E-state index contributed by atoms with van der Waals surface area (Å²) in [5.41, 5.74) is 0.712. The highest BCUT2D eigenvalue weighted by Crippen LogP contribution is 2.12. The van der Waals surface area contributed by atoms with Crippen molar-refractivity contribution >= 4 is 5.78 Å². The van der Waals surface area contributed by atoms with Gasteiger partial charge in [-0.25, -0.2) is 0 Å². The molecule has 0 aliphatic carbocycles. The summed E-state index contributed by atoms with van der Waals surface area (Å²) in [5.74, 6) is 0.879. The fourth-order valence-electron chi connectivity index (χ4n) is 1.78. The molecule has 0 heterocycles. The number of ketones is 1. The van der Waals surface area contributed by atoms with E-state index in [1.807, 2.05) is 12.1 Å². The lowest BCUT2D eigenvalue weighted by atomic mass is 10.1. The van der Waals surface area contributed by atoms with Gasteiger partial charge in [0.15, 0.2) is 5.78 Å². The van der Waals surface area contributed by atoms with Crippen LogP contribution in [-0.4, -0.2) is 50.6 Å². The van der Waals surface area contributed by atoms with E-state index in [0.29, 0.717) is 24.8 Å². The number of hydrogen-bond donors (Lipinski definition) is 0. The molecule has 1 aromatic rings. The maximum Gasteiger partial charge on any atom is 0.176 e. The van der Waals surface area contributed by atoms with Crippen LogP contribution in [0.15, 0.2) is 24.3 Å². The molecule has 0 N–H and O–H groups in total. The van der Waals surface area contributed by atoms with Gasteiger partial charge >= 0.3 is 0 Å². The number of Topliss-reactive ketones (excluding diaryl/α,β-unsaturated/α-hetero) is 1. The molecule has 4 nitrogen and oxygen atoms in total. The van der Waals surface area contributed by atoms with Crippen molar-refractivity contribution in [3.05, 3.63) is 29.8 Å². The Morgan fingerprint density at radius 3 is 2.32 bits per heavy atom. The average molecular weight is 265 g/mol. The fourth-order valence-corrected chi connectivity index (χ4v) is 1.78. The Kier molecular flexibility index (Phi) is 6.53. The number of carbonyl (C=O) groups is 1. The number of nitrogens with zero attached hydrogens (tertiary/aromatic N) is 1. The Morgan fingerprint density at radius 1 is 1.21 bits per heavy atom. The van der Waals surface area contributed by atoms with E-state index >= 15 is 0 Å². The smallest absolute Gasteiger partial charge is 0.176 e. The van der Waals surface area contributed by atoms with Gasteiger partial charge in [0.1, 0.15) is 5.75 Å². The van der Waals surface area contributed by atoms with Gasteiger partial charge in [-0.05, 0) is 38.1 Å². The predicted molar refractivity (Wildman–Crippen MR) is 75.9 cm³/mol. The van der Waals surface area contributed by atoms with Gasteiger partial charge in [0.05, 0.1) is 20.3 Å². The Morgan fingerprint density at radius 2 is 1.84 bits per heavy atom. The third kappa shape index (κ3) is 5.01. The Labute approximate surface area is 115 Å². The number of carbonyl (C=O) groups excluding carboxylic acids is 1. The standard InChI is InChI=1S/C15H23NO3/c1-12(2)16(9-10-18-3)11-15(17)13-5-7-14(19-4)8-6-13/h5-8,12H,9-11H2,1-4H3. The summed E-state index contributed by atoms with van der Waals surface area (Å²) >= 11 is 0. The van der Waals surface area contributed by atoms with Crippen molar-refractivity contribution < 1.29 is 14.3 Å². The van der Waals surface area contributed by atoms with E-state index in [1.165, 1.54) is 0 Å². The van der Waals surface area contributed by atoms with E-state index in [4.69, 9.17) is 9.47 Å². The van der Waals surface area contributed by atoms with E-state index in [-0.39, 0.29) is 5.78 Å². The van der Waals surface area contributed by atoms with Crippen molar-refractivity contribution in [2.24, 2.45) is 0 Å². The van der Waals surface area contributed by atoms with Crippen molar-refractivity contribution in [2.45, 2.75) is 19.9 Å².